The highest BCUT2D eigenvalue weighted by Crippen LogP contribution is 2.36. The summed E-state index contributed by atoms with van der Waals surface area (Å²) < 4.78 is 21.5. The van der Waals surface area contributed by atoms with Gasteiger partial charge in [0.2, 0.25) is 0 Å². The van der Waals surface area contributed by atoms with Crippen LogP contribution in [0.2, 0.25) is 0 Å². The maximum atomic E-state index is 13.1. The molecule has 0 aliphatic carbocycles. The molecule has 1 aliphatic rings. The van der Waals surface area contributed by atoms with E-state index in [4.69, 9.17) is 18.9 Å². The largest absolute Gasteiger partial charge is 0.496 e. The van der Waals surface area contributed by atoms with E-state index in [0.29, 0.717) is 43.2 Å². The Morgan fingerprint density at radius 1 is 1.17 bits per heavy atom. The first-order chi connectivity index (χ1) is 14.5. The maximum Gasteiger partial charge on any atom is 0.313 e. The van der Waals surface area contributed by atoms with Crippen molar-refractivity contribution in [2.75, 3.05) is 45.7 Å². The zero-order valence-electron chi connectivity index (χ0n) is 16.6. The number of nitrogens with zero attached hydrogens (tertiary/aromatic N) is 2. The summed E-state index contributed by atoms with van der Waals surface area (Å²) in [6, 6.07) is 7.97. The van der Waals surface area contributed by atoms with E-state index in [9.17, 15) is 14.9 Å². The van der Waals surface area contributed by atoms with E-state index in [2.05, 4.69) is 15.9 Å². The fourth-order valence-corrected chi connectivity index (χ4v) is 3.68. The average molecular weight is 481 g/mol. The maximum absolute atomic E-state index is 13.1. The van der Waals surface area contributed by atoms with Gasteiger partial charge in [-0.2, -0.15) is 0 Å². The molecule has 0 N–H and O–H groups in total. The fourth-order valence-electron chi connectivity index (χ4n) is 3.13. The lowest BCUT2D eigenvalue weighted by Gasteiger charge is -2.29. The van der Waals surface area contributed by atoms with Crippen LogP contribution in [0.3, 0.4) is 0 Å². The molecule has 1 amide bonds. The first-order valence-electron chi connectivity index (χ1n) is 9.12. The topological polar surface area (TPSA) is 100 Å². The van der Waals surface area contributed by atoms with Crippen LogP contribution in [0.5, 0.6) is 11.5 Å². The predicted octanol–water partition coefficient (Wildman–Crippen LogP) is 3.57. The van der Waals surface area contributed by atoms with Crippen LogP contribution in [0, 0.1) is 10.1 Å². The Morgan fingerprint density at radius 3 is 2.67 bits per heavy atom. The lowest BCUT2D eigenvalue weighted by Crippen LogP contribution is -2.37. The number of benzene rings is 2. The third kappa shape index (κ3) is 4.72. The number of methoxy groups -OCH3 is 2. The van der Waals surface area contributed by atoms with Crippen molar-refractivity contribution in [3.05, 3.63) is 56.0 Å². The van der Waals surface area contributed by atoms with E-state index >= 15 is 0 Å². The number of ether oxygens (including phenoxy) is 4. The number of carbonyl (C=O) groups excluding carboxylic acids is 1. The van der Waals surface area contributed by atoms with Crippen LogP contribution in [0.4, 0.5) is 11.4 Å². The van der Waals surface area contributed by atoms with Crippen LogP contribution in [0.15, 0.2) is 34.8 Å². The molecule has 0 radical (unpaired) electrons. The molecule has 0 bridgehead atoms. The molecular formula is C20H21BrN2O7. The molecule has 2 aromatic rings. The van der Waals surface area contributed by atoms with Crippen molar-refractivity contribution in [2.45, 2.75) is 6.42 Å². The van der Waals surface area contributed by atoms with Gasteiger partial charge in [0.15, 0.2) is 12.5 Å². The van der Waals surface area contributed by atoms with E-state index in [1.165, 1.54) is 24.1 Å². The summed E-state index contributed by atoms with van der Waals surface area (Å²) in [6.07, 6.45) is 0.614. The SMILES string of the molecule is COCCOCOc1ccc(N2CCc3cc(Br)c(OC)cc3C2=O)cc1[N+](=O)[O-]. The summed E-state index contributed by atoms with van der Waals surface area (Å²) in [6.45, 7) is 0.963. The van der Waals surface area contributed by atoms with Gasteiger partial charge in [-0.05, 0) is 52.2 Å². The van der Waals surface area contributed by atoms with Crippen molar-refractivity contribution in [2.24, 2.45) is 0 Å². The van der Waals surface area contributed by atoms with E-state index in [1.807, 2.05) is 6.07 Å². The van der Waals surface area contributed by atoms with Gasteiger partial charge in [-0.15, -0.1) is 0 Å². The van der Waals surface area contributed by atoms with Gasteiger partial charge >= 0.3 is 5.69 Å². The standard InChI is InChI=1S/C20H21BrN2O7/c1-27-7-8-29-12-30-18-4-3-14(10-17(18)23(25)26)22-6-5-13-9-16(21)19(28-2)11-15(13)20(22)24/h3-4,9-11H,5-8,12H2,1-2H3. The molecule has 3 rings (SSSR count). The Hall–Kier alpha value is -2.69. The zero-order chi connectivity index (χ0) is 21.7. The van der Waals surface area contributed by atoms with Crippen molar-refractivity contribution in [1.82, 2.24) is 0 Å². The molecule has 0 fully saturated rings. The second-order valence-corrected chi connectivity index (χ2v) is 7.28. The number of carbonyl (C=O) groups is 1. The monoisotopic (exact) mass is 480 g/mol. The number of hydrogen-bond donors (Lipinski definition) is 0. The molecule has 10 heteroatoms. The highest BCUT2D eigenvalue weighted by molar-refractivity contribution is 9.10. The third-order valence-electron chi connectivity index (χ3n) is 4.64. The minimum Gasteiger partial charge on any atom is -0.496 e. The van der Waals surface area contributed by atoms with E-state index in [1.54, 1.807) is 19.2 Å². The summed E-state index contributed by atoms with van der Waals surface area (Å²) in [5.41, 5.74) is 1.59. The van der Waals surface area contributed by atoms with Gasteiger partial charge in [0.1, 0.15) is 5.75 Å². The highest BCUT2D eigenvalue weighted by Gasteiger charge is 2.29. The van der Waals surface area contributed by atoms with Crippen molar-refractivity contribution in [3.63, 3.8) is 0 Å². The van der Waals surface area contributed by atoms with Gasteiger partial charge in [-0.25, -0.2) is 0 Å². The van der Waals surface area contributed by atoms with Crippen LogP contribution in [0.1, 0.15) is 15.9 Å². The molecule has 0 saturated heterocycles. The third-order valence-corrected chi connectivity index (χ3v) is 5.26. The molecule has 0 aromatic heterocycles. The van der Waals surface area contributed by atoms with Gasteiger partial charge < -0.3 is 23.8 Å². The predicted molar refractivity (Wildman–Crippen MR) is 112 cm³/mol. The van der Waals surface area contributed by atoms with Gasteiger partial charge in [0, 0.05) is 25.3 Å². The first-order valence-corrected chi connectivity index (χ1v) is 9.91. The van der Waals surface area contributed by atoms with Gasteiger partial charge in [0.25, 0.3) is 5.91 Å². The summed E-state index contributed by atoms with van der Waals surface area (Å²) in [5, 5.41) is 11.5. The smallest absolute Gasteiger partial charge is 0.313 e. The number of hydrogen-bond acceptors (Lipinski definition) is 7. The Bertz CT molecular complexity index is 951. The van der Waals surface area contributed by atoms with Crippen molar-refractivity contribution in [1.29, 1.82) is 0 Å². The molecule has 2 aromatic carbocycles. The van der Waals surface area contributed by atoms with Gasteiger partial charge in [-0.1, -0.05) is 0 Å². The number of nitro benzene ring substituents is 1. The molecule has 1 heterocycles. The van der Waals surface area contributed by atoms with Crippen LogP contribution in [0.25, 0.3) is 0 Å². The Balaban J connectivity index is 1.83. The number of fused-ring (bicyclic) bond motifs is 1. The van der Waals surface area contributed by atoms with Crippen molar-refractivity contribution in [3.8, 4) is 11.5 Å². The summed E-state index contributed by atoms with van der Waals surface area (Å²) in [5.74, 6) is 0.372. The Morgan fingerprint density at radius 2 is 1.97 bits per heavy atom. The lowest BCUT2D eigenvalue weighted by molar-refractivity contribution is -0.386. The summed E-state index contributed by atoms with van der Waals surface area (Å²) in [4.78, 5) is 25.6. The Kier molecular flexibility index (Phi) is 7.24. The fraction of sp³-hybridized carbons (Fsp3) is 0.350. The molecule has 0 atom stereocenters. The molecule has 0 spiro atoms. The van der Waals surface area contributed by atoms with E-state index in [-0.39, 0.29) is 24.1 Å². The van der Waals surface area contributed by atoms with Crippen molar-refractivity contribution >= 4 is 33.2 Å². The van der Waals surface area contributed by atoms with Crippen LogP contribution in [-0.4, -0.2) is 51.6 Å². The normalized spacial score (nSPS) is 13.2. The number of anilines is 1. The number of nitro groups is 1. The van der Waals surface area contributed by atoms with E-state index < -0.39 is 4.92 Å². The number of halogens is 1. The van der Waals surface area contributed by atoms with Crippen LogP contribution >= 0.6 is 15.9 Å². The quantitative estimate of drug-likeness (QED) is 0.234. The second-order valence-electron chi connectivity index (χ2n) is 6.42. The molecule has 0 saturated carbocycles. The Labute approximate surface area is 181 Å². The second kappa shape index (κ2) is 9.88. The zero-order valence-corrected chi connectivity index (χ0v) is 18.1. The molecule has 1 aliphatic heterocycles. The minimum atomic E-state index is -0.545. The number of rotatable bonds is 9. The number of amides is 1. The van der Waals surface area contributed by atoms with Gasteiger partial charge in [0.05, 0.1) is 35.4 Å². The lowest BCUT2D eigenvalue weighted by atomic mass is 9.98. The van der Waals surface area contributed by atoms with E-state index in [0.717, 1.165) is 10.0 Å². The van der Waals surface area contributed by atoms with Crippen LogP contribution < -0.4 is 14.4 Å². The van der Waals surface area contributed by atoms with Gasteiger partial charge in [-0.3, -0.25) is 14.9 Å². The average Bonchev–Trinajstić information content (AvgIpc) is 2.73. The first kappa shape index (κ1) is 22.0. The minimum absolute atomic E-state index is 0.0663. The summed E-state index contributed by atoms with van der Waals surface area (Å²) >= 11 is 3.43. The highest BCUT2D eigenvalue weighted by atomic mass is 79.9. The van der Waals surface area contributed by atoms with Crippen molar-refractivity contribution < 1.29 is 28.7 Å². The molecule has 0 unspecified atom stereocenters. The molecule has 160 valence electrons. The molecule has 30 heavy (non-hydrogen) atoms. The molecule has 9 nitrogen and oxygen atoms in total. The molecular weight excluding hydrogens is 460 g/mol. The summed E-state index contributed by atoms with van der Waals surface area (Å²) in [7, 11) is 3.07. The van der Waals surface area contributed by atoms with Crippen LogP contribution in [-0.2, 0) is 15.9 Å².